The Hall–Kier alpha value is -0.620. The van der Waals surface area contributed by atoms with E-state index in [2.05, 4.69) is 0 Å². The fraction of sp³-hybridized carbons (Fsp3) is 0.500. The van der Waals surface area contributed by atoms with E-state index in [1.807, 2.05) is 12.1 Å². The molecule has 0 aromatic heterocycles. The van der Waals surface area contributed by atoms with Gasteiger partial charge in [0.25, 0.3) is 10.2 Å². The molecule has 1 saturated heterocycles. The van der Waals surface area contributed by atoms with E-state index >= 15 is 0 Å². The van der Waals surface area contributed by atoms with E-state index in [9.17, 15) is 8.42 Å². The average Bonchev–Trinajstić information content (AvgIpc) is 2.82. The minimum Gasteiger partial charge on any atom is -0.195 e. The van der Waals surface area contributed by atoms with Crippen LogP contribution in [0.15, 0.2) is 24.3 Å². The molecule has 0 bridgehead atoms. The van der Waals surface area contributed by atoms with Gasteiger partial charge in [0, 0.05) is 31.7 Å². The molecular formula is C12H17ClN2O2S. The lowest BCUT2D eigenvalue weighted by Crippen LogP contribution is -2.39. The molecule has 100 valence electrons. The van der Waals surface area contributed by atoms with Crippen LogP contribution < -0.4 is 0 Å². The molecule has 1 aliphatic rings. The van der Waals surface area contributed by atoms with Gasteiger partial charge in [-0.15, -0.1) is 0 Å². The summed E-state index contributed by atoms with van der Waals surface area (Å²) in [7, 11) is -1.72. The largest absolute Gasteiger partial charge is 0.282 e. The second-order valence-corrected chi connectivity index (χ2v) is 6.97. The molecule has 0 aliphatic carbocycles. The van der Waals surface area contributed by atoms with Crippen LogP contribution in [0, 0.1) is 0 Å². The molecule has 0 N–H and O–H groups in total. The van der Waals surface area contributed by atoms with Crippen LogP contribution in [0.4, 0.5) is 0 Å². The molecule has 0 amide bonds. The lowest BCUT2D eigenvalue weighted by molar-refractivity contribution is 0.392. The Bertz CT molecular complexity index is 513. The molecule has 1 aromatic rings. The first-order valence-corrected chi connectivity index (χ1v) is 7.73. The molecule has 0 spiro atoms. The number of hydrogen-bond donors (Lipinski definition) is 0. The predicted molar refractivity (Wildman–Crippen MR) is 72.6 cm³/mol. The highest BCUT2D eigenvalue weighted by molar-refractivity contribution is 7.86. The summed E-state index contributed by atoms with van der Waals surface area (Å²) < 4.78 is 27.4. The summed E-state index contributed by atoms with van der Waals surface area (Å²) >= 11 is 5.89. The normalized spacial score (nSPS) is 17.5. The fourth-order valence-electron chi connectivity index (χ4n) is 2.09. The minimum atomic E-state index is -3.33. The van der Waals surface area contributed by atoms with Crippen LogP contribution >= 0.6 is 11.6 Å². The summed E-state index contributed by atoms with van der Waals surface area (Å²) in [4.78, 5) is 0. The van der Waals surface area contributed by atoms with Crippen molar-refractivity contribution in [2.75, 3.05) is 20.1 Å². The summed E-state index contributed by atoms with van der Waals surface area (Å²) in [5.74, 6) is 0. The van der Waals surface area contributed by atoms with Crippen molar-refractivity contribution < 1.29 is 8.42 Å². The van der Waals surface area contributed by atoms with E-state index in [1.165, 1.54) is 8.61 Å². The van der Waals surface area contributed by atoms with Crippen molar-refractivity contribution in [3.63, 3.8) is 0 Å². The maximum Gasteiger partial charge on any atom is 0.282 e. The highest BCUT2D eigenvalue weighted by atomic mass is 35.5. The van der Waals surface area contributed by atoms with E-state index in [4.69, 9.17) is 11.6 Å². The van der Waals surface area contributed by atoms with Crippen molar-refractivity contribution in [2.45, 2.75) is 19.4 Å². The number of rotatable bonds is 4. The van der Waals surface area contributed by atoms with E-state index < -0.39 is 10.2 Å². The Balaban J connectivity index is 2.09. The van der Waals surface area contributed by atoms with Gasteiger partial charge in [-0.05, 0) is 30.5 Å². The lowest BCUT2D eigenvalue weighted by Gasteiger charge is -2.23. The van der Waals surface area contributed by atoms with Crippen LogP contribution in [-0.4, -0.2) is 37.2 Å². The van der Waals surface area contributed by atoms with Gasteiger partial charge in [-0.2, -0.15) is 17.0 Å². The van der Waals surface area contributed by atoms with Gasteiger partial charge in [-0.1, -0.05) is 23.7 Å². The van der Waals surface area contributed by atoms with Gasteiger partial charge in [0.1, 0.15) is 0 Å². The Labute approximate surface area is 113 Å². The summed E-state index contributed by atoms with van der Waals surface area (Å²) in [5, 5.41) is 0.625. The molecule has 2 rings (SSSR count). The number of halogens is 1. The van der Waals surface area contributed by atoms with Crippen LogP contribution in [0.2, 0.25) is 5.02 Å². The molecule has 0 radical (unpaired) electrons. The maximum atomic E-state index is 12.2. The third-order valence-corrected chi connectivity index (χ3v) is 5.25. The molecule has 0 saturated carbocycles. The first kappa shape index (κ1) is 13.8. The van der Waals surface area contributed by atoms with E-state index in [0.29, 0.717) is 24.7 Å². The molecule has 1 fully saturated rings. The average molecular weight is 289 g/mol. The molecule has 0 atom stereocenters. The van der Waals surface area contributed by atoms with Crippen LogP contribution in [0.3, 0.4) is 0 Å². The molecule has 4 nitrogen and oxygen atoms in total. The van der Waals surface area contributed by atoms with Crippen LogP contribution in [0.5, 0.6) is 0 Å². The van der Waals surface area contributed by atoms with E-state index in [1.54, 1.807) is 19.2 Å². The maximum absolute atomic E-state index is 12.2. The van der Waals surface area contributed by atoms with Gasteiger partial charge >= 0.3 is 0 Å². The number of hydrogen-bond acceptors (Lipinski definition) is 2. The van der Waals surface area contributed by atoms with Gasteiger partial charge in [0.15, 0.2) is 0 Å². The molecule has 1 aliphatic heterocycles. The quantitative estimate of drug-likeness (QED) is 0.851. The second-order valence-electron chi connectivity index (χ2n) is 4.50. The van der Waals surface area contributed by atoms with Crippen LogP contribution in [0.1, 0.15) is 18.4 Å². The zero-order chi connectivity index (χ0) is 13.2. The van der Waals surface area contributed by atoms with Gasteiger partial charge < -0.3 is 0 Å². The number of nitrogens with zero attached hydrogens (tertiary/aromatic N) is 2. The molecule has 6 heteroatoms. The topological polar surface area (TPSA) is 40.6 Å². The highest BCUT2D eigenvalue weighted by Crippen LogP contribution is 2.18. The molecule has 0 unspecified atom stereocenters. The SMILES string of the molecule is CN(Cc1cccc(Cl)c1)S(=O)(=O)N1CCCC1. The molecule has 1 aromatic carbocycles. The number of benzene rings is 1. The molecule has 18 heavy (non-hydrogen) atoms. The molecular weight excluding hydrogens is 272 g/mol. The highest BCUT2D eigenvalue weighted by Gasteiger charge is 2.29. The van der Waals surface area contributed by atoms with Crippen LogP contribution in [-0.2, 0) is 16.8 Å². The van der Waals surface area contributed by atoms with Gasteiger partial charge in [-0.3, -0.25) is 0 Å². The fourth-order valence-corrected chi connectivity index (χ4v) is 3.73. The summed E-state index contributed by atoms with van der Waals surface area (Å²) in [5.41, 5.74) is 0.896. The standard InChI is InChI=1S/C12H17ClN2O2S/c1-14(10-11-5-4-6-12(13)9-11)18(16,17)15-7-2-3-8-15/h4-6,9H,2-3,7-8,10H2,1H3. The first-order chi connectivity index (χ1) is 8.50. The van der Waals surface area contributed by atoms with Gasteiger partial charge in [0.2, 0.25) is 0 Å². The van der Waals surface area contributed by atoms with E-state index in [-0.39, 0.29) is 0 Å². The third-order valence-electron chi connectivity index (χ3n) is 3.08. The minimum absolute atomic E-state index is 0.347. The Morgan fingerprint density at radius 3 is 2.61 bits per heavy atom. The zero-order valence-electron chi connectivity index (χ0n) is 10.3. The zero-order valence-corrected chi connectivity index (χ0v) is 11.9. The van der Waals surface area contributed by atoms with Crippen molar-refractivity contribution in [3.8, 4) is 0 Å². The predicted octanol–water partition coefficient (Wildman–Crippen LogP) is 2.11. The monoisotopic (exact) mass is 288 g/mol. The molecule has 1 heterocycles. The first-order valence-electron chi connectivity index (χ1n) is 5.96. The summed E-state index contributed by atoms with van der Waals surface area (Å²) in [6.07, 6.45) is 1.90. The van der Waals surface area contributed by atoms with E-state index in [0.717, 1.165) is 18.4 Å². The van der Waals surface area contributed by atoms with Crippen molar-refractivity contribution >= 4 is 21.8 Å². The summed E-state index contributed by atoms with van der Waals surface area (Å²) in [6.45, 7) is 1.60. The Morgan fingerprint density at radius 1 is 1.33 bits per heavy atom. The van der Waals surface area contributed by atoms with Gasteiger partial charge in [-0.25, -0.2) is 0 Å². The van der Waals surface area contributed by atoms with Crippen molar-refractivity contribution in [1.29, 1.82) is 0 Å². The Kier molecular flexibility index (Phi) is 4.27. The lowest BCUT2D eigenvalue weighted by atomic mass is 10.2. The third kappa shape index (κ3) is 3.03. The van der Waals surface area contributed by atoms with Crippen molar-refractivity contribution in [3.05, 3.63) is 34.9 Å². The summed E-state index contributed by atoms with van der Waals surface area (Å²) in [6, 6.07) is 7.27. The smallest absolute Gasteiger partial charge is 0.195 e. The second kappa shape index (κ2) is 5.57. The van der Waals surface area contributed by atoms with Crippen molar-refractivity contribution in [1.82, 2.24) is 8.61 Å². The Morgan fingerprint density at radius 2 is 2.00 bits per heavy atom. The van der Waals surface area contributed by atoms with Crippen molar-refractivity contribution in [2.24, 2.45) is 0 Å². The van der Waals surface area contributed by atoms with Crippen LogP contribution in [0.25, 0.3) is 0 Å². The van der Waals surface area contributed by atoms with Gasteiger partial charge in [0.05, 0.1) is 0 Å².